The second-order valence-corrected chi connectivity index (χ2v) is 11.8. The van der Waals surface area contributed by atoms with Crippen LogP contribution >= 0.6 is 0 Å². The van der Waals surface area contributed by atoms with Crippen LogP contribution in [0, 0.1) is 0 Å². The third kappa shape index (κ3) is 3.90. The van der Waals surface area contributed by atoms with Crippen LogP contribution in [-0.2, 0) is 0 Å². The van der Waals surface area contributed by atoms with Gasteiger partial charge in [0, 0.05) is 21.5 Å². The average Bonchev–Trinajstić information content (AvgIpc) is 3.63. The molecule has 0 bridgehead atoms. The van der Waals surface area contributed by atoms with Crippen molar-refractivity contribution in [2.45, 2.75) is 0 Å². The molecule has 0 unspecified atom stereocenters. The summed E-state index contributed by atoms with van der Waals surface area (Å²) in [7, 11) is 0. The van der Waals surface area contributed by atoms with Crippen molar-refractivity contribution in [1.29, 1.82) is 0 Å². The molecule has 1 heterocycles. The summed E-state index contributed by atoms with van der Waals surface area (Å²) in [4.78, 5) is 0. The number of furan rings is 1. The third-order valence-electron chi connectivity index (χ3n) is 9.28. The average molecular weight is 605 g/mol. The molecule has 0 fully saturated rings. The molecule has 218 valence electrons. The molecule has 10 aromatic rings. The molecule has 0 aliphatic rings. The van der Waals surface area contributed by atoms with Crippen molar-refractivity contribution in [3.8, 4) is 33.4 Å². The van der Waals surface area contributed by atoms with Crippen molar-refractivity contribution >= 4 is 65.0 Å². The smallest absolute Gasteiger partial charge is 0.143 e. The Morgan fingerprint density at radius 2 is 0.894 bits per heavy atom. The fraction of sp³-hybridized carbons (Fsp3) is 0. The van der Waals surface area contributed by atoms with Gasteiger partial charge in [0.05, 0.1) is 11.0 Å². The summed E-state index contributed by atoms with van der Waals surface area (Å²) in [6.07, 6.45) is 0. The summed E-state index contributed by atoms with van der Waals surface area (Å²) in [5.74, 6) is 0. The lowest BCUT2D eigenvalue weighted by molar-refractivity contribution is 0.676. The molecule has 0 atom stereocenters. The van der Waals surface area contributed by atoms with Crippen molar-refractivity contribution < 1.29 is 15.4 Å². The molecule has 1 aromatic heterocycles. The Balaban J connectivity index is 1.31. The largest absolute Gasteiger partial charge is 0.455 e. The molecule has 47 heavy (non-hydrogen) atoms. The Morgan fingerprint density at radius 3 is 1.53 bits per heavy atom. The first kappa shape index (κ1) is 19.4. The van der Waals surface area contributed by atoms with Crippen LogP contribution in [0.4, 0.5) is 0 Å². The maximum Gasteiger partial charge on any atom is 0.143 e. The summed E-state index contributed by atoms with van der Waals surface area (Å²) in [5, 5.41) is 6.84. The minimum absolute atomic E-state index is 0.191. The van der Waals surface area contributed by atoms with Crippen LogP contribution in [0.3, 0.4) is 0 Å². The van der Waals surface area contributed by atoms with Gasteiger partial charge >= 0.3 is 0 Å². The van der Waals surface area contributed by atoms with E-state index in [-0.39, 0.29) is 45.7 Å². The predicted octanol–water partition coefficient (Wildman–Crippen LogP) is 13.2. The quantitative estimate of drug-likeness (QED) is 0.183. The highest BCUT2D eigenvalue weighted by Crippen LogP contribution is 2.46. The number of benzene rings is 9. The van der Waals surface area contributed by atoms with Gasteiger partial charge < -0.3 is 4.42 Å². The van der Waals surface area contributed by atoms with Crippen LogP contribution in [0.1, 0.15) is 11.0 Å². The Labute approximate surface area is 283 Å². The van der Waals surface area contributed by atoms with Crippen LogP contribution in [0.25, 0.3) is 98.4 Å². The van der Waals surface area contributed by atoms with E-state index in [0.717, 1.165) is 54.6 Å². The van der Waals surface area contributed by atoms with Crippen LogP contribution in [-0.4, -0.2) is 0 Å². The maximum atomic E-state index is 9.24. The molecular formula is C46H28O. The minimum Gasteiger partial charge on any atom is -0.455 e. The molecule has 0 spiro atoms. The van der Waals surface area contributed by atoms with E-state index in [1.54, 1.807) is 24.3 Å². The summed E-state index contributed by atoms with van der Waals surface area (Å²) in [6, 6.07) is 36.5. The molecular weight excluding hydrogens is 569 g/mol. The van der Waals surface area contributed by atoms with Gasteiger partial charge in [0.1, 0.15) is 11.2 Å². The van der Waals surface area contributed by atoms with Gasteiger partial charge in [-0.2, -0.15) is 0 Å². The fourth-order valence-corrected chi connectivity index (χ4v) is 7.19. The van der Waals surface area contributed by atoms with Crippen LogP contribution < -0.4 is 0 Å². The summed E-state index contributed by atoms with van der Waals surface area (Å²) >= 11 is 0. The zero-order chi connectivity index (χ0) is 37.9. The molecule has 10 rings (SSSR count). The molecule has 1 nitrogen and oxygen atoms in total. The second kappa shape index (κ2) is 10.2. The fourth-order valence-electron chi connectivity index (χ4n) is 7.19. The van der Waals surface area contributed by atoms with Gasteiger partial charge in [0.15, 0.2) is 0 Å². The SMILES string of the molecule is [2H]c1c([2H])c([2H])c2c(-c3ccc(-c4cc5ccccc5c5oc6c7ccccc7ccc6c45)cc3)c3c([2H])c([2H])c([2H])c([2H])c3c(-c3ccccc3)c2c1[2H]. The lowest BCUT2D eigenvalue weighted by Crippen LogP contribution is -1.91. The summed E-state index contributed by atoms with van der Waals surface area (Å²) in [5.41, 5.74) is 5.21. The van der Waals surface area contributed by atoms with Gasteiger partial charge in [-0.05, 0) is 77.8 Å². The molecule has 0 amide bonds. The number of hydrogen-bond donors (Lipinski definition) is 0. The van der Waals surface area contributed by atoms with Gasteiger partial charge in [-0.3, -0.25) is 0 Å². The van der Waals surface area contributed by atoms with E-state index in [4.69, 9.17) is 12.6 Å². The normalized spacial score (nSPS) is 14.2. The van der Waals surface area contributed by atoms with Gasteiger partial charge in [-0.15, -0.1) is 0 Å². The molecule has 0 aliphatic heterocycles. The van der Waals surface area contributed by atoms with Gasteiger partial charge in [0.2, 0.25) is 0 Å². The summed E-state index contributed by atoms with van der Waals surface area (Å²) in [6.45, 7) is 0. The van der Waals surface area contributed by atoms with Crippen LogP contribution in [0.2, 0.25) is 0 Å². The van der Waals surface area contributed by atoms with Gasteiger partial charge in [0.25, 0.3) is 0 Å². The standard InChI is InChI=1S/C46H28O/c1-2-13-31(14-3-1)42-36-18-8-10-20-38(36)43(39-21-11-9-19-37(39)42)32-24-22-30(23-25-32)41-28-33-15-5-7-17-35(33)46-44(41)40-27-26-29-12-4-6-16-34(29)45(40)47-46/h1-28H/i8D,9D,10D,11D,18D,19D,20D,21D. The lowest BCUT2D eigenvalue weighted by atomic mass is 9.85. The highest BCUT2D eigenvalue weighted by Gasteiger charge is 2.19. The topological polar surface area (TPSA) is 13.1 Å². The van der Waals surface area contributed by atoms with E-state index in [9.17, 15) is 2.74 Å². The first-order valence-corrected chi connectivity index (χ1v) is 15.5. The molecule has 0 radical (unpaired) electrons. The Morgan fingerprint density at radius 1 is 0.383 bits per heavy atom. The maximum absolute atomic E-state index is 9.24. The zero-order valence-corrected chi connectivity index (χ0v) is 25.0. The number of hydrogen-bond acceptors (Lipinski definition) is 1. The third-order valence-corrected chi connectivity index (χ3v) is 9.28. The van der Waals surface area contributed by atoms with E-state index in [0.29, 0.717) is 22.3 Å². The molecule has 0 saturated carbocycles. The van der Waals surface area contributed by atoms with E-state index in [2.05, 4.69) is 42.5 Å². The molecule has 0 N–H and O–H groups in total. The van der Waals surface area contributed by atoms with E-state index in [1.165, 1.54) is 0 Å². The van der Waals surface area contributed by atoms with Crippen molar-refractivity contribution in [3.05, 3.63) is 170 Å². The highest BCUT2D eigenvalue weighted by molar-refractivity contribution is 6.25. The van der Waals surface area contributed by atoms with Crippen molar-refractivity contribution in [1.82, 2.24) is 0 Å². The first-order valence-electron chi connectivity index (χ1n) is 19.5. The van der Waals surface area contributed by atoms with Crippen molar-refractivity contribution in [2.75, 3.05) is 0 Å². The van der Waals surface area contributed by atoms with Gasteiger partial charge in [-0.25, -0.2) is 0 Å². The monoisotopic (exact) mass is 604 g/mol. The van der Waals surface area contributed by atoms with Crippen molar-refractivity contribution in [2.24, 2.45) is 0 Å². The lowest BCUT2D eigenvalue weighted by Gasteiger charge is -2.18. The molecule has 1 heteroatoms. The molecule has 0 saturated heterocycles. The predicted molar refractivity (Wildman–Crippen MR) is 200 cm³/mol. The van der Waals surface area contributed by atoms with E-state index < -0.39 is 24.2 Å². The van der Waals surface area contributed by atoms with Crippen LogP contribution in [0.15, 0.2) is 174 Å². The zero-order valence-electron chi connectivity index (χ0n) is 33.0. The Kier molecular flexibility index (Phi) is 4.19. The second-order valence-electron chi connectivity index (χ2n) is 11.8. The number of fused-ring (bicyclic) bond motifs is 9. The van der Waals surface area contributed by atoms with Crippen LogP contribution in [0.5, 0.6) is 0 Å². The Hall–Kier alpha value is -6.18. The summed E-state index contributed by atoms with van der Waals surface area (Å²) < 4.78 is 78.3. The first-order chi connectivity index (χ1) is 26.7. The Bertz CT molecular complexity index is 3200. The molecule has 0 aliphatic carbocycles. The van der Waals surface area contributed by atoms with E-state index >= 15 is 0 Å². The van der Waals surface area contributed by atoms with Crippen molar-refractivity contribution in [3.63, 3.8) is 0 Å². The highest BCUT2D eigenvalue weighted by atomic mass is 16.3. The minimum atomic E-state index is -0.424. The number of rotatable bonds is 3. The molecule has 9 aromatic carbocycles. The van der Waals surface area contributed by atoms with Gasteiger partial charge in [-0.1, -0.05) is 158 Å². The van der Waals surface area contributed by atoms with E-state index in [1.807, 2.05) is 54.6 Å².